The molecule has 0 amide bonds. The Balaban J connectivity index is 1.55. The van der Waals surface area contributed by atoms with Crippen molar-refractivity contribution < 1.29 is 14.3 Å². The van der Waals surface area contributed by atoms with Gasteiger partial charge in [-0.05, 0) is 68.2 Å². The summed E-state index contributed by atoms with van der Waals surface area (Å²) in [6.45, 7) is 4.78. The Morgan fingerprint density at radius 1 is 1.08 bits per heavy atom. The number of ketones is 1. The van der Waals surface area contributed by atoms with Crippen molar-refractivity contribution in [2.75, 3.05) is 27.3 Å². The molecule has 1 heterocycles. The number of carbonyl (C=O) groups is 1. The number of ether oxygens (including phenoxy) is 2. The second kappa shape index (κ2) is 5.33. The fraction of sp³-hybridized carbons (Fsp3) is 0.955. The minimum Gasteiger partial charge on any atom is -0.381 e. The number of piperidine rings is 1. The molecule has 11 unspecified atom stereocenters. The predicted octanol–water partition coefficient (Wildman–Crippen LogP) is 2.61. The van der Waals surface area contributed by atoms with Crippen molar-refractivity contribution in [1.82, 2.24) is 4.90 Å². The molecule has 1 aliphatic heterocycles. The second-order valence-electron chi connectivity index (χ2n) is 10.2. The van der Waals surface area contributed by atoms with Crippen LogP contribution in [0.5, 0.6) is 0 Å². The van der Waals surface area contributed by atoms with Gasteiger partial charge in [0.25, 0.3) is 0 Å². The summed E-state index contributed by atoms with van der Waals surface area (Å²) in [5.41, 5.74) is 0.241. The molecule has 144 valence electrons. The third-order valence-electron chi connectivity index (χ3n) is 10.1. The highest BCUT2D eigenvalue weighted by molar-refractivity contribution is 5.88. The molecule has 0 N–H and O–H groups in total. The molecule has 0 radical (unpaired) electrons. The molecule has 5 saturated carbocycles. The highest BCUT2D eigenvalue weighted by Crippen LogP contribution is 2.75. The quantitative estimate of drug-likeness (QED) is 0.776. The lowest BCUT2D eigenvalue weighted by Gasteiger charge is -2.65. The summed E-state index contributed by atoms with van der Waals surface area (Å²) < 4.78 is 12.1. The Kier molecular flexibility index (Phi) is 3.38. The van der Waals surface area contributed by atoms with Crippen LogP contribution in [0.4, 0.5) is 0 Å². The summed E-state index contributed by atoms with van der Waals surface area (Å²) in [5, 5.41) is 0. The number of nitrogens with zero attached hydrogens (tertiary/aromatic N) is 1. The van der Waals surface area contributed by atoms with E-state index in [4.69, 9.17) is 9.47 Å². The van der Waals surface area contributed by atoms with E-state index >= 15 is 0 Å². The van der Waals surface area contributed by atoms with E-state index in [0.29, 0.717) is 41.6 Å². The lowest BCUT2D eigenvalue weighted by molar-refractivity contribution is -0.208. The molecule has 4 heteroatoms. The Bertz CT molecular complexity index is 637. The first-order valence-corrected chi connectivity index (χ1v) is 11.0. The van der Waals surface area contributed by atoms with Gasteiger partial charge in [-0.15, -0.1) is 0 Å². The minimum absolute atomic E-state index is 0.161. The van der Waals surface area contributed by atoms with Crippen LogP contribution in [0.3, 0.4) is 0 Å². The molecule has 7 bridgehead atoms. The van der Waals surface area contributed by atoms with Gasteiger partial charge in [-0.2, -0.15) is 0 Å². The lowest BCUT2D eigenvalue weighted by Crippen LogP contribution is -2.70. The van der Waals surface area contributed by atoms with Gasteiger partial charge in [0.05, 0.1) is 12.2 Å². The standard InChI is InChI=1S/C22H33NO3/c1-4-23-10-11-5-6-18(26-3)22-15(11)7-13(21(22)23)12-9-17(25-2)14-8-16(22)19(12)20(14)24/h11-19,21H,4-10H2,1-3H3. The van der Waals surface area contributed by atoms with Crippen LogP contribution in [0.2, 0.25) is 0 Å². The zero-order valence-electron chi connectivity index (χ0n) is 16.4. The van der Waals surface area contributed by atoms with Gasteiger partial charge in [0.1, 0.15) is 5.78 Å². The van der Waals surface area contributed by atoms with Crippen molar-refractivity contribution in [3.8, 4) is 0 Å². The zero-order valence-corrected chi connectivity index (χ0v) is 16.4. The molecule has 0 aromatic rings. The molecule has 6 aliphatic rings. The number of methoxy groups -OCH3 is 2. The van der Waals surface area contributed by atoms with E-state index in [9.17, 15) is 4.79 Å². The third-order valence-corrected chi connectivity index (χ3v) is 10.1. The molecule has 6 rings (SSSR count). The van der Waals surface area contributed by atoms with E-state index in [1.807, 2.05) is 14.2 Å². The molecule has 5 aliphatic carbocycles. The van der Waals surface area contributed by atoms with E-state index in [-0.39, 0.29) is 17.4 Å². The largest absolute Gasteiger partial charge is 0.381 e. The maximum absolute atomic E-state index is 13.4. The molecule has 6 fully saturated rings. The van der Waals surface area contributed by atoms with Gasteiger partial charge in [0, 0.05) is 44.1 Å². The number of fused-ring (bicyclic) bond motifs is 2. The van der Waals surface area contributed by atoms with Gasteiger partial charge in [-0.1, -0.05) is 6.92 Å². The summed E-state index contributed by atoms with van der Waals surface area (Å²) in [6.07, 6.45) is 6.59. The monoisotopic (exact) mass is 359 g/mol. The third kappa shape index (κ3) is 1.60. The van der Waals surface area contributed by atoms with Crippen LogP contribution < -0.4 is 0 Å². The predicted molar refractivity (Wildman–Crippen MR) is 97.6 cm³/mol. The van der Waals surface area contributed by atoms with Crippen molar-refractivity contribution in [2.45, 2.75) is 57.3 Å². The number of hydrogen-bond acceptors (Lipinski definition) is 4. The lowest BCUT2D eigenvalue weighted by atomic mass is 9.47. The van der Waals surface area contributed by atoms with Gasteiger partial charge >= 0.3 is 0 Å². The molecule has 0 aromatic heterocycles. The van der Waals surface area contributed by atoms with Gasteiger partial charge in [0.15, 0.2) is 0 Å². The van der Waals surface area contributed by atoms with Gasteiger partial charge in [-0.3, -0.25) is 9.69 Å². The Labute approximate surface area is 157 Å². The number of carbonyl (C=O) groups excluding carboxylic acids is 1. The average Bonchev–Trinajstić information content (AvgIpc) is 3.01. The number of rotatable bonds is 3. The maximum Gasteiger partial charge on any atom is 0.142 e. The van der Waals surface area contributed by atoms with Crippen molar-refractivity contribution in [3.63, 3.8) is 0 Å². The van der Waals surface area contributed by atoms with Gasteiger partial charge in [0.2, 0.25) is 0 Å². The second-order valence-corrected chi connectivity index (χ2v) is 10.2. The maximum atomic E-state index is 13.4. The van der Waals surface area contributed by atoms with Gasteiger partial charge in [-0.25, -0.2) is 0 Å². The van der Waals surface area contributed by atoms with E-state index in [1.165, 1.54) is 25.8 Å². The van der Waals surface area contributed by atoms with E-state index in [2.05, 4.69) is 11.8 Å². The van der Waals surface area contributed by atoms with Crippen molar-refractivity contribution >= 4 is 5.78 Å². The summed E-state index contributed by atoms with van der Waals surface area (Å²) in [4.78, 5) is 16.2. The highest BCUT2D eigenvalue weighted by atomic mass is 16.5. The first kappa shape index (κ1) is 16.5. The Morgan fingerprint density at radius 3 is 2.65 bits per heavy atom. The van der Waals surface area contributed by atoms with Crippen LogP contribution >= 0.6 is 0 Å². The van der Waals surface area contributed by atoms with Crippen LogP contribution in [0.25, 0.3) is 0 Å². The molecule has 26 heavy (non-hydrogen) atoms. The first-order valence-electron chi connectivity index (χ1n) is 11.0. The molecular formula is C22H33NO3. The summed E-state index contributed by atoms with van der Waals surface area (Å²) in [5.74, 6) is 4.43. The van der Waals surface area contributed by atoms with Crippen LogP contribution in [0.15, 0.2) is 0 Å². The summed E-state index contributed by atoms with van der Waals surface area (Å²) >= 11 is 0. The van der Waals surface area contributed by atoms with E-state index < -0.39 is 0 Å². The molecule has 0 aromatic carbocycles. The van der Waals surface area contributed by atoms with Crippen molar-refractivity contribution in [2.24, 2.45) is 46.8 Å². The number of Topliss-reactive ketones (excluding diaryl/α,β-unsaturated/α-hetero) is 1. The van der Waals surface area contributed by atoms with E-state index in [0.717, 1.165) is 31.2 Å². The Hall–Kier alpha value is -0.450. The molecular weight excluding hydrogens is 326 g/mol. The normalized spacial score (nSPS) is 59.7. The first-order chi connectivity index (χ1) is 12.7. The number of hydrogen-bond donors (Lipinski definition) is 0. The Morgan fingerprint density at radius 2 is 1.92 bits per heavy atom. The van der Waals surface area contributed by atoms with Crippen LogP contribution in [0.1, 0.15) is 39.0 Å². The SMILES string of the molecule is CCN1CC2CCC(OC)C34C2CC(C2CC(OC)C5CC3C2C5=O)C14. The van der Waals surface area contributed by atoms with Crippen LogP contribution in [0, 0.1) is 46.8 Å². The number of likely N-dealkylation sites (tertiary alicyclic amines) is 1. The zero-order chi connectivity index (χ0) is 17.8. The average molecular weight is 360 g/mol. The van der Waals surface area contributed by atoms with Gasteiger partial charge < -0.3 is 9.47 Å². The molecule has 11 atom stereocenters. The van der Waals surface area contributed by atoms with Crippen molar-refractivity contribution in [1.29, 1.82) is 0 Å². The smallest absolute Gasteiger partial charge is 0.142 e. The summed E-state index contributed by atoms with van der Waals surface area (Å²) in [6, 6.07) is 0.646. The fourth-order valence-corrected chi connectivity index (χ4v) is 9.70. The topological polar surface area (TPSA) is 38.8 Å². The molecule has 4 nitrogen and oxygen atoms in total. The highest BCUT2D eigenvalue weighted by Gasteiger charge is 2.78. The van der Waals surface area contributed by atoms with Crippen LogP contribution in [-0.4, -0.2) is 56.2 Å². The molecule has 1 spiro atoms. The summed E-state index contributed by atoms with van der Waals surface area (Å²) in [7, 11) is 3.76. The molecule has 1 saturated heterocycles. The van der Waals surface area contributed by atoms with Crippen LogP contribution in [-0.2, 0) is 14.3 Å². The van der Waals surface area contributed by atoms with E-state index in [1.54, 1.807) is 0 Å². The van der Waals surface area contributed by atoms with Crippen molar-refractivity contribution in [3.05, 3.63) is 0 Å². The minimum atomic E-state index is 0.161. The fourth-order valence-electron chi connectivity index (χ4n) is 9.70.